The third-order valence-corrected chi connectivity index (χ3v) is 4.74. The van der Waals surface area contributed by atoms with Gasteiger partial charge in [-0.2, -0.15) is 13.2 Å². The van der Waals surface area contributed by atoms with E-state index in [4.69, 9.17) is 0 Å². The van der Waals surface area contributed by atoms with Crippen molar-refractivity contribution in [3.63, 3.8) is 0 Å². The molecule has 0 heterocycles. The van der Waals surface area contributed by atoms with Gasteiger partial charge in [-0.1, -0.05) is 24.3 Å². The Balaban J connectivity index is 0.00000162. The number of alkyl halides is 3. The predicted octanol–water partition coefficient (Wildman–Crippen LogP) is -2.16. The Hall–Kier alpha value is -0.560. The van der Waals surface area contributed by atoms with E-state index in [2.05, 4.69) is 0 Å². The van der Waals surface area contributed by atoms with E-state index in [1.54, 1.807) is 6.07 Å². The van der Waals surface area contributed by atoms with Crippen LogP contribution in [-0.4, -0.2) is 0 Å². The smallest absolute Gasteiger partial charge is 0.416 e. The van der Waals surface area contributed by atoms with Gasteiger partial charge in [0.25, 0.3) is 0 Å². The van der Waals surface area contributed by atoms with Crippen LogP contribution in [0.4, 0.5) is 13.2 Å². The maximum atomic E-state index is 12.5. The first kappa shape index (κ1) is 15.5. The molecule has 0 bridgehead atoms. The Bertz CT molecular complexity index is 497. The maximum Gasteiger partial charge on any atom is 0.416 e. The Labute approximate surface area is 124 Å². The molecule has 0 spiro atoms. The van der Waals surface area contributed by atoms with E-state index in [1.165, 1.54) is 12.1 Å². The Morgan fingerprint density at radius 1 is 0.778 bits per heavy atom. The summed E-state index contributed by atoms with van der Waals surface area (Å²) in [7, 11) is 0. The standard InChI is InChI=1S/C13H9F3I.BrH/c14-13(15,16)10-5-4-8-12(9-10)17-11-6-2-1-3-7-11;/h1-9H;1H/q+1;/p-1. The van der Waals surface area contributed by atoms with E-state index in [1.807, 2.05) is 30.3 Å². The third-order valence-electron chi connectivity index (χ3n) is 2.10. The van der Waals surface area contributed by atoms with E-state index < -0.39 is 32.9 Å². The molecule has 0 nitrogen and oxygen atoms in total. The van der Waals surface area contributed by atoms with Crippen molar-refractivity contribution in [3.8, 4) is 0 Å². The molecule has 0 fully saturated rings. The molecular formula is C13H9BrF3I. The summed E-state index contributed by atoms with van der Waals surface area (Å²) in [4.78, 5) is 0. The lowest BCUT2D eigenvalue weighted by molar-refractivity contribution is -0.597. The average molecular weight is 429 g/mol. The molecule has 0 aliphatic carbocycles. The minimum absolute atomic E-state index is 0. The molecule has 2 rings (SSSR count). The van der Waals surface area contributed by atoms with E-state index >= 15 is 0 Å². The van der Waals surface area contributed by atoms with Crippen LogP contribution in [0.1, 0.15) is 5.56 Å². The van der Waals surface area contributed by atoms with Crippen LogP contribution in [0.25, 0.3) is 0 Å². The SMILES string of the molecule is FC(F)(F)c1cccc([I+]c2ccccc2)c1.[Br-]. The number of benzene rings is 2. The summed E-state index contributed by atoms with van der Waals surface area (Å²) in [6, 6.07) is 15.2. The number of halogens is 5. The Morgan fingerprint density at radius 2 is 1.39 bits per heavy atom. The molecule has 0 radical (unpaired) electrons. The fourth-order valence-corrected chi connectivity index (χ4v) is 3.70. The zero-order chi connectivity index (χ0) is 12.3. The third kappa shape index (κ3) is 4.28. The molecule has 0 saturated heterocycles. The highest BCUT2D eigenvalue weighted by Gasteiger charge is 2.32. The lowest BCUT2D eigenvalue weighted by Gasteiger charge is -2.04. The summed E-state index contributed by atoms with van der Waals surface area (Å²) in [6.07, 6.45) is -4.25. The van der Waals surface area contributed by atoms with Gasteiger partial charge in [0.15, 0.2) is 7.14 Å². The fourth-order valence-electron chi connectivity index (χ4n) is 1.33. The van der Waals surface area contributed by atoms with Crippen molar-refractivity contribution in [1.82, 2.24) is 0 Å². The van der Waals surface area contributed by atoms with Crippen LogP contribution in [0.3, 0.4) is 0 Å². The molecule has 0 N–H and O–H groups in total. The van der Waals surface area contributed by atoms with Gasteiger partial charge in [-0.25, -0.2) is 0 Å². The summed E-state index contributed by atoms with van der Waals surface area (Å²) in [5.41, 5.74) is -0.564. The van der Waals surface area contributed by atoms with Gasteiger partial charge in [-0.3, -0.25) is 0 Å². The fraction of sp³-hybridized carbons (Fsp3) is 0.0769. The normalized spacial score (nSPS) is 10.8. The van der Waals surface area contributed by atoms with Crippen molar-refractivity contribution >= 4 is 0 Å². The molecule has 5 heteroatoms. The number of hydrogen-bond donors (Lipinski definition) is 0. The zero-order valence-corrected chi connectivity index (χ0v) is 12.8. The monoisotopic (exact) mass is 428 g/mol. The van der Waals surface area contributed by atoms with Crippen molar-refractivity contribution in [1.29, 1.82) is 0 Å². The van der Waals surface area contributed by atoms with Gasteiger partial charge in [0.1, 0.15) is 0 Å². The molecule has 96 valence electrons. The highest BCUT2D eigenvalue weighted by molar-refractivity contribution is 5.17. The second kappa shape index (κ2) is 6.56. The largest absolute Gasteiger partial charge is 1.00 e. The topological polar surface area (TPSA) is 0 Å². The minimum Gasteiger partial charge on any atom is -1.00 e. The summed E-state index contributed by atoms with van der Waals surface area (Å²) in [5.74, 6) is 0. The first-order chi connectivity index (χ1) is 8.05. The van der Waals surface area contributed by atoms with Crippen molar-refractivity contribution in [2.24, 2.45) is 0 Å². The molecular weight excluding hydrogens is 420 g/mol. The molecule has 0 aromatic heterocycles. The first-order valence-corrected chi connectivity index (χ1v) is 7.08. The van der Waals surface area contributed by atoms with Gasteiger partial charge >= 0.3 is 27.4 Å². The zero-order valence-electron chi connectivity index (χ0n) is 9.09. The molecule has 0 atom stereocenters. The van der Waals surface area contributed by atoms with Crippen molar-refractivity contribution in [2.75, 3.05) is 0 Å². The van der Waals surface area contributed by atoms with Crippen LogP contribution < -0.4 is 38.2 Å². The van der Waals surface area contributed by atoms with E-state index in [-0.39, 0.29) is 17.0 Å². The summed E-state index contributed by atoms with van der Waals surface area (Å²) < 4.78 is 39.5. The van der Waals surface area contributed by atoms with Crippen LogP contribution in [-0.2, 0) is 6.18 Å². The van der Waals surface area contributed by atoms with Crippen LogP contribution in [0.15, 0.2) is 54.6 Å². The second-order valence-corrected chi connectivity index (χ2v) is 6.43. The van der Waals surface area contributed by atoms with Crippen LogP contribution in [0.5, 0.6) is 0 Å². The minimum atomic E-state index is -4.25. The molecule has 18 heavy (non-hydrogen) atoms. The lowest BCUT2D eigenvalue weighted by atomic mass is 10.2. The van der Waals surface area contributed by atoms with Gasteiger partial charge in [0.05, 0.1) is 5.56 Å². The summed E-state index contributed by atoms with van der Waals surface area (Å²) >= 11 is -0.536. The molecule has 0 saturated carbocycles. The van der Waals surface area contributed by atoms with E-state index in [9.17, 15) is 13.2 Å². The maximum absolute atomic E-state index is 12.5. The summed E-state index contributed by atoms with van der Waals surface area (Å²) in [5, 5.41) is 0. The van der Waals surface area contributed by atoms with Crippen LogP contribution in [0.2, 0.25) is 0 Å². The molecule has 2 aromatic carbocycles. The highest BCUT2D eigenvalue weighted by Crippen LogP contribution is 2.28. The van der Waals surface area contributed by atoms with E-state index in [0.717, 1.165) is 13.2 Å². The number of rotatable bonds is 2. The average Bonchev–Trinajstić information content (AvgIpc) is 2.29. The quantitative estimate of drug-likeness (QED) is 0.478. The van der Waals surface area contributed by atoms with Crippen LogP contribution in [0, 0.1) is 7.14 Å². The second-order valence-electron chi connectivity index (χ2n) is 3.40. The highest BCUT2D eigenvalue weighted by atomic mass is 127. The van der Waals surface area contributed by atoms with Gasteiger partial charge < -0.3 is 17.0 Å². The van der Waals surface area contributed by atoms with Gasteiger partial charge in [-0.05, 0) is 24.3 Å². The Kier molecular flexibility index (Phi) is 5.65. The Morgan fingerprint density at radius 3 is 2.00 bits per heavy atom. The van der Waals surface area contributed by atoms with E-state index in [0.29, 0.717) is 0 Å². The summed E-state index contributed by atoms with van der Waals surface area (Å²) in [6.45, 7) is 0. The number of hydrogen-bond acceptors (Lipinski definition) is 0. The van der Waals surface area contributed by atoms with Crippen molar-refractivity contribution in [2.45, 2.75) is 6.18 Å². The molecule has 0 amide bonds. The van der Waals surface area contributed by atoms with Crippen LogP contribution >= 0.6 is 0 Å². The molecule has 0 aliphatic heterocycles. The lowest BCUT2D eigenvalue weighted by Crippen LogP contribution is -3.61. The first-order valence-electron chi connectivity index (χ1n) is 4.93. The predicted molar refractivity (Wildman–Crippen MR) is 55.3 cm³/mol. The molecule has 0 unspecified atom stereocenters. The van der Waals surface area contributed by atoms with Gasteiger partial charge in [0.2, 0.25) is 0 Å². The van der Waals surface area contributed by atoms with Gasteiger partial charge in [0, 0.05) is 6.07 Å². The van der Waals surface area contributed by atoms with Crippen molar-refractivity contribution < 1.29 is 51.4 Å². The van der Waals surface area contributed by atoms with Crippen molar-refractivity contribution in [3.05, 3.63) is 67.3 Å². The molecule has 0 aliphatic rings. The molecule has 2 aromatic rings. The van der Waals surface area contributed by atoms with Gasteiger partial charge in [-0.15, -0.1) is 0 Å².